The van der Waals surface area contributed by atoms with Gasteiger partial charge in [0, 0.05) is 11.1 Å². The molecular formula is C32H46O. The zero-order chi connectivity index (χ0) is 23.6. The van der Waals surface area contributed by atoms with Crippen LogP contribution in [-0.2, 0) is 6.42 Å². The van der Waals surface area contributed by atoms with Gasteiger partial charge in [-0.1, -0.05) is 103 Å². The summed E-state index contributed by atoms with van der Waals surface area (Å²) >= 11 is 0. The minimum absolute atomic E-state index is 0.736. The van der Waals surface area contributed by atoms with Crippen molar-refractivity contribution in [2.24, 2.45) is 5.92 Å². The number of hydrogen-bond donors (Lipinski definition) is 0. The molecule has 1 nitrogen and oxygen atoms in total. The Balaban J connectivity index is 1.62. The zero-order valence-electron chi connectivity index (χ0n) is 21.5. The van der Waals surface area contributed by atoms with Crippen molar-refractivity contribution in [2.45, 2.75) is 104 Å². The molecule has 180 valence electrons. The Morgan fingerprint density at radius 3 is 1.70 bits per heavy atom. The number of benzene rings is 2. The van der Waals surface area contributed by atoms with Crippen molar-refractivity contribution in [3.05, 3.63) is 65.2 Å². The van der Waals surface area contributed by atoms with E-state index in [2.05, 4.69) is 56.9 Å². The van der Waals surface area contributed by atoms with Crippen molar-refractivity contribution in [1.29, 1.82) is 0 Å². The third kappa shape index (κ3) is 13.2. The highest BCUT2D eigenvalue weighted by Crippen LogP contribution is 2.15. The average molecular weight is 447 g/mol. The van der Waals surface area contributed by atoms with Crippen molar-refractivity contribution in [3.63, 3.8) is 0 Å². The van der Waals surface area contributed by atoms with Crippen LogP contribution in [0.15, 0.2) is 48.5 Å². The highest BCUT2D eigenvalue weighted by atomic mass is 16.5. The summed E-state index contributed by atoms with van der Waals surface area (Å²) in [6.45, 7) is 7.57. The molecule has 1 heteroatoms. The summed E-state index contributed by atoms with van der Waals surface area (Å²) in [5, 5.41) is 0. The van der Waals surface area contributed by atoms with E-state index in [9.17, 15) is 0 Å². The standard InChI is InChI=1S/C32H46O/c1-4-5-6-7-8-9-10-11-12-13-16-29-17-19-30(20-18-29)21-22-31-23-25-32(26-24-31)33-27-14-15-28(2)3/h17-20,23-26,28H,4-16,27H2,1-3H3. The summed E-state index contributed by atoms with van der Waals surface area (Å²) in [5.74, 6) is 8.23. The fraction of sp³-hybridized carbons (Fsp3) is 0.562. The molecule has 0 aliphatic rings. The lowest BCUT2D eigenvalue weighted by atomic mass is 10.0. The highest BCUT2D eigenvalue weighted by Gasteiger charge is 1.98. The Bertz CT molecular complexity index is 789. The van der Waals surface area contributed by atoms with Crippen LogP contribution in [0.5, 0.6) is 5.75 Å². The van der Waals surface area contributed by atoms with E-state index in [1.165, 1.54) is 82.6 Å². The van der Waals surface area contributed by atoms with Crippen LogP contribution in [-0.4, -0.2) is 6.61 Å². The fourth-order valence-electron chi connectivity index (χ4n) is 4.03. The van der Waals surface area contributed by atoms with Crippen LogP contribution >= 0.6 is 0 Å². The van der Waals surface area contributed by atoms with Gasteiger partial charge in [0.2, 0.25) is 0 Å². The van der Waals surface area contributed by atoms with E-state index in [1.54, 1.807) is 0 Å². The van der Waals surface area contributed by atoms with Gasteiger partial charge in [-0.15, -0.1) is 0 Å². The second-order valence-electron chi connectivity index (χ2n) is 9.79. The molecule has 0 radical (unpaired) electrons. The lowest BCUT2D eigenvalue weighted by Crippen LogP contribution is -1.99. The van der Waals surface area contributed by atoms with Crippen LogP contribution in [0, 0.1) is 17.8 Å². The molecule has 0 unspecified atom stereocenters. The van der Waals surface area contributed by atoms with Gasteiger partial charge in [0.1, 0.15) is 5.75 Å². The fourth-order valence-corrected chi connectivity index (χ4v) is 4.03. The van der Waals surface area contributed by atoms with Crippen LogP contribution in [0.25, 0.3) is 0 Å². The molecular weight excluding hydrogens is 400 g/mol. The predicted molar refractivity (Wildman–Crippen MR) is 144 cm³/mol. The Morgan fingerprint density at radius 2 is 1.15 bits per heavy atom. The van der Waals surface area contributed by atoms with Crippen LogP contribution in [0.2, 0.25) is 0 Å². The molecule has 0 amide bonds. The van der Waals surface area contributed by atoms with Gasteiger partial charge in [0.15, 0.2) is 0 Å². The second-order valence-corrected chi connectivity index (χ2v) is 9.79. The molecule has 2 aromatic carbocycles. The topological polar surface area (TPSA) is 9.23 Å². The number of rotatable bonds is 16. The molecule has 0 atom stereocenters. The maximum atomic E-state index is 5.82. The Kier molecular flexibility index (Phi) is 14.2. The average Bonchev–Trinajstić information content (AvgIpc) is 2.83. The molecule has 0 aliphatic heterocycles. The van der Waals surface area contributed by atoms with Gasteiger partial charge in [-0.2, -0.15) is 0 Å². The summed E-state index contributed by atoms with van der Waals surface area (Å²) < 4.78 is 5.82. The molecule has 0 fully saturated rings. The highest BCUT2D eigenvalue weighted by molar-refractivity contribution is 5.44. The smallest absolute Gasteiger partial charge is 0.119 e. The van der Waals surface area contributed by atoms with Crippen molar-refractivity contribution in [2.75, 3.05) is 6.61 Å². The molecule has 0 spiro atoms. The van der Waals surface area contributed by atoms with E-state index in [0.717, 1.165) is 35.8 Å². The minimum atomic E-state index is 0.736. The molecule has 0 bridgehead atoms. The monoisotopic (exact) mass is 446 g/mol. The van der Waals surface area contributed by atoms with Gasteiger partial charge in [-0.05, 0) is 73.6 Å². The van der Waals surface area contributed by atoms with E-state index in [1.807, 2.05) is 24.3 Å². The first kappa shape index (κ1) is 27.0. The third-order valence-corrected chi connectivity index (χ3v) is 6.17. The number of aryl methyl sites for hydroxylation is 1. The van der Waals surface area contributed by atoms with E-state index in [0.29, 0.717) is 0 Å². The number of unbranched alkanes of at least 4 members (excludes halogenated alkanes) is 9. The molecule has 0 aliphatic carbocycles. The van der Waals surface area contributed by atoms with Crippen molar-refractivity contribution in [3.8, 4) is 17.6 Å². The van der Waals surface area contributed by atoms with Crippen molar-refractivity contribution < 1.29 is 4.74 Å². The molecule has 0 aromatic heterocycles. The van der Waals surface area contributed by atoms with Crippen LogP contribution in [0.4, 0.5) is 0 Å². The van der Waals surface area contributed by atoms with E-state index >= 15 is 0 Å². The maximum Gasteiger partial charge on any atom is 0.119 e. The summed E-state index contributed by atoms with van der Waals surface area (Å²) in [6, 6.07) is 16.9. The van der Waals surface area contributed by atoms with E-state index < -0.39 is 0 Å². The molecule has 0 heterocycles. The maximum absolute atomic E-state index is 5.82. The Hall–Kier alpha value is -2.20. The summed E-state index contributed by atoms with van der Waals surface area (Å²) in [7, 11) is 0. The van der Waals surface area contributed by atoms with Crippen LogP contribution < -0.4 is 4.74 Å². The second kappa shape index (κ2) is 17.3. The predicted octanol–water partition coefficient (Wildman–Crippen LogP) is 9.36. The van der Waals surface area contributed by atoms with Crippen molar-refractivity contribution in [1.82, 2.24) is 0 Å². The lowest BCUT2D eigenvalue weighted by molar-refractivity contribution is 0.297. The molecule has 0 N–H and O–H groups in total. The van der Waals surface area contributed by atoms with Gasteiger partial charge >= 0.3 is 0 Å². The Morgan fingerprint density at radius 1 is 0.636 bits per heavy atom. The lowest BCUT2D eigenvalue weighted by Gasteiger charge is -2.07. The SMILES string of the molecule is CCCCCCCCCCCCc1ccc(C#Cc2ccc(OCCCC(C)C)cc2)cc1. The largest absolute Gasteiger partial charge is 0.494 e. The third-order valence-electron chi connectivity index (χ3n) is 6.17. The number of hydrogen-bond acceptors (Lipinski definition) is 1. The number of ether oxygens (including phenoxy) is 1. The Labute approximate surface area is 204 Å². The van der Waals surface area contributed by atoms with Crippen LogP contribution in [0.3, 0.4) is 0 Å². The van der Waals surface area contributed by atoms with Gasteiger partial charge in [0.05, 0.1) is 6.61 Å². The summed E-state index contributed by atoms with van der Waals surface area (Å²) in [5.41, 5.74) is 3.54. The first-order chi connectivity index (χ1) is 16.2. The molecule has 2 aromatic rings. The van der Waals surface area contributed by atoms with Crippen molar-refractivity contribution >= 4 is 0 Å². The molecule has 33 heavy (non-hydrogen) atoms. The first-order valence-electron chi connectivity index (χ1n) is 13.5. The summed E-state index contributed by atoms with van der Waals surface area (Å²) in [6.07, 6.45) is 17.4. The van der Waals surface area contributed by atoms with E-state index in [4.69, 9.17) is 4.74 Å². The first-order valence-corrected chi connectivity index (χ1v) is 13.5. The van der Waals surface area contributed by atoms with Gasteiger partial charge in [0.25, 0.3) is 0 Å². The molecule has 2 rings (SSSR count). The van der Waals surface area contributed by atoms with E-state index in [-0.39, 0.29) is 0 Å². The summed E-state index contributed by atoms with van der Waals surface area (Å²) in [4.78, 5) is 0. The quantitative estimate of drug-likeness (QED) is 0.184. The van der Waals surface area contributed by atoms with Crippen LogP contribution in [0.1, 0.15) is 115 Å². The zero-order valence-corrected chi connectivity index (χ0v) is 21.5. The van der Waals surface area contributed by atoms with Gasteiger partial charge in [-0.3, -0.25) is 0 Å². The normalized spacial score (nSPS) is 10.8. The molecule has 0 saturated carbocycles. The van der Waals surface area contributed by atoms with Gasteiger partial charge in [-0.25, -0.2) is 0 Å². The minimum Gasteiger partial charge on any atom is -0.494 e. The van der Waals surface area contributed by atoms with Gasteiger partial charge < -0.3 is 4.74 Å². The molecule has 0 saturated heterocycles.